The largest absolute Gasteiger partial charge is 0.316 e. The summed E-state index contributed by atoms with van der Waals surface area (Å²) in [5.41, 5.74) is 0.470. The Morgan fingerprint density at radius 2 is 1.91 bits per heavy atom. The van der Waals surface area contributed by atoms with Crippen molar-refractivity contribution in [3.05, 3.63) is 0 Å². The molecule has 130 valence electrons. The Morgan fingerprint density at radius 1 is 1.04 bits per heavy atom. The van der Waals surface area contributed by atoms with Gasteiger partial charge in [0, 0.05) is 16.9 Å². The van der Waals surface area contributed by atoms with Gasteiger partial charge in [-0.1, -0.05) is 29.8 Å². The number of rotatable bonds is 0. The average molecular weight is 382 g/mol. The fourth-order valence-corrected chi connectivity index (χ4v) is 8.20. The van der Waals surface area contributed by atoms with Gasteiger partial charge >= 0.3 is 0 Å². The van der Waals surface area contributed by atoms with Gasteiger partial charge in [0.1, 0.15) is 0 Å². The molecule has 0 spiro atoms. The Bertz CT molecular complexity index is 481. The van der Waals surface area contributed by atoms with Crippen molar-refractivity contribution in [1.82, 2.24) is 15.5 Å². The molecule has 0 aromatic carbocycles. The minimum absolute atomic E-state index is 0.470. The molecule has 8 unspecified atom stereocenters. The zero-order valence-electron chi connectivity index (χ0n) is 14.6. The number of nitrogens with one attached hydrogen (secondary N) is 2. The van der Waals surface area contributed by atoms with Crippen LogP contribution < -0.4 is 10.6 Å². The van der Waals surface area contributed by atoms with Crippen molar-refractivity contribution in [2.75, 3.05) is 19.6 Å². The lowest BCUT2D eigenvalue weighted by Crippen LogP contribution is -2.69. The smallest absolute Gasteiger partial charge is 0.0634 e. The van der Waals surface area contributed by atoms with Gasteiger partial charge in [-0.2, -0.15) is 0 Å². The third-order valence-corrected chi connectivity index (χ3v) is 9.06. The number of hydrogen-bond acceptors (Lipinski definition) is 3. The van der Waals surface area contributed by atoms with E-state index < -0.39 is 0 Å². The lowest BCUT2D eigenvalue weighted by Gasteiger charge is -2.61. The number of piperidine rings is 3. The van der Waals surface area contributed by atoms with Crippen LogP contribution in [-0.2, 0) is 0 Å². The molecule has 23 heavy (non-hydrogen) atoms. The van der Waals surface area contributed by atoms with Crippen molar-refractivity contribution < 1.29 is 0 Å². The van der Waals surface area contributed by atoms with Crippen LogP contribution in [-0.4, -0.2) is 47.6 Å². The SMILES string of the molecule is CC1(C)C2CNCCC2N2C3NCCCC3C3CC(Br)CC1C32. The van der Waals surface area contributed by atoms with Gasteiger partial charge in [-0.3, -0.25) is 4.90 Å². The van der Waals surface area contributed by atoms with Crippen molar-refractivity contribution in [2.45, 2.75) is 69.0 Å². The number of hydrogen-bond donors (Lipinski definition) is 2. The molecule has 4 saturated heterocycles. The van der Waals surface area contributed by atoms with Gasteiger partial charge in [-0.05, 0) is 80.8 Å². The van der Waals surface area contributed by atoms with E-state index in [9.17, 15) is 0 Å². The first-order valence-corrected chi connectivity index (χ1v) is 10.9. The first-order chi connectivity index (χ1) is 11.1. The Hall–Kier alpha value is 0.360. The summed E-state index contributed by atoms with van der Waals surface area (Å²) in [6, 6.07) is 1.65. The van der Waals surface area contributed by atoms with Crippen molar-refractivity contribution in [1.29, 1.82) is 0 Å². The maximum atomic E-state index is 4.05. The number of nitrogens with zero attached hydrogens (tertiary/aromatic N) is 1. The van der Waals surface area contributed by atoms with Crippen LogP contribution in [0.3, 0.4) is 0 Å². The first-order valence-electron chi connectivity index (χ1n) is 9.94. The molecule has 1 aliphatic carbocycles. The van der Waals surface area contributed by atoms with E-state index in [0.29, 0.717) is 11.6 Å². The van der Waals surface area contributed by atoms with E-state index in [-0.39, 0.29) is 0 Å². The van der Waals surface area contributed by atoms with Gasteiger partial charge in [0.15, 0.2) is 0 Å². The molecule has 0 aromatic rings. The lowest BCUT2D eigenvalue weighted by molar-refractivity contribution is -0.119. The third kappa shape index (κ3) is 2.10. The molecule has 5 aliphatic rings. The van der Waals surface area contributed by atoms with Crippen LogP contribution in [0.4, 0.5) is 0 Å². The van der Waals surface area contributed by atoms with Crippen molar-refractivity contribution >= 4 is 15.9 Å². The highest BCUT2D eigenvalue weighted by atomic mass is 79.9. The molecule has 0 radical (unpaired) electrons. The van der Waals surface area contributed by atoms with Crippen LogP contribution in [0.5, 0.6) is 0 Å². The van der Waals surface area contributed by atoms with Gasteiger partial charge < -0.3 is 10.6 Å². The van der Waals surface area contributed by atoms with Crippen LogP contribution in [0.2, 0.25) is 0 Å². The molecular formula is C19H32BrN3. The van der Waals surface area contributed by atoms with Gasteiger partial charge in [0.25, 0.3) is 0 Å². The molecule has 0 aromatic heterocycles. The standard InChI is InChI=1S/C19H32BrN3/c1-19(2)14-9-11(20)8-13-12-4-3-6-22-18(12)23(17(13)14)16-5-7-21-10-15(16)19/h11-18,21-22H,3-10H2,1-2H3. The number of fused-ring (bicyclic) bond motifs is 5. The van der Waals surface area contributed by atoms with Crippen LogP contribution in [0.15, 0.2) is 0 Å². The van der Waals surface area contributed by atoms with Crippen LogP contribution >= 0.6 is 15.9 Å². The summed E-state index contributed by atoms with van der Waals surface area (Å²) in [5.74, 6) is 3.50. The second-order valence-electron chi connectivity index (χ2n) is 9.47. The second-order valence-corrected chi connectivity index (χ2v) is 10.8. The van der Waals surface area contributed by atoms with E-state index in [1.54, 1.807) is 0 Å². The predicted octanol–water partition coefficient (Wildman–Crippen LogP) is 2.80. The third-order valence-electron chi connectivity index (χ3n) is 8.32. The van der Waals surface area contributed by atoms with E-state index in [1.807, 2.05) is 0 Å². The fraction of sp³-hybridized carbons (Fsp3) is 1.00. The maximum absolute atomic E-state index is 4.05. The molecule has 0 bridgehead atoms. The monoisotopic (exact) mass is 381 g/mol. The van der Waals surface area contributed by atoms with Gasteiger partial charge in [0.2, 0.25) is 0 Å². The Kier molecular flexibility index (Phi) is 3.68. The minimum atomic E-state index is 0.470. The highest BCUT2D eigenvalue weighted by Gasteiger charge is 2.64. The predicted molar refractivity (Wildman–Crippen MR) is 97.6 cm³/mol. The number of halogens is 1. The molecule has 4 aliphatic heterocycles. The van der Waals surface area contributed by atoms with Crippen LogP contribution in [0, 0.1) is 29.1 Å². The van der Waals surface area contributed by atoms with Gasteiger partial charge in [0.05, 0.1) is 6.17 Å². The molecule has 2 N–H and O–H groups in total. The molecule has 5 fully saturated rings. The molecule has 5 rings (SSSR count). The number of alkyl halides is 1. The molecule has 4 heteroatoms. The summed E-state index contributed by atoms with van der Waals surface area (Å²) < 4.78 is 0. The summed E-state index contributed by atoms with van der Waals surface area (Å²) in [6.45, 7) is 8.87. The van der Waals surface area contributed by atoms with E-state index in [0.717, 1.165) is 40.6 Å². The Balaban J connectivity index is 1.60. The second kappa shape index (κ2) is 5.43. The summed E-state index contributed by atoms with van der Waals surface area (Å²) >= 11 is 4.05. The topological polar surface area (TPSA) is 27.3 Å². The molecule has 4 heterocycles. The molecule has 1 saturated carbocycles. The van der Waals surface area contributed by atoms with E-state index in [1.165, 1.54) is 51.7 Å². The molecular weight excluding hydrogens is 350 g/mol. The van der Waals surface area contributed by atoms with Crippen LogP contribution in [0.1, 0.15) is 46.0 Å². The normalized spacial score (nSPS) is 54.9. The van der Waals surface area contributed by atoms with Crippen molar-refractivity contribution in [3.8, 4) is 0 Å². The Labute approximate surface area is 149 Å². The van der Waals surface area contributed by atoms with E-state index in [2.05, 4.69) is 45.3 Å². The van der Waals surface area contributed by atoms with E-state index >= 15 is 0 Å². The zero-order chi connectivity index (χ0) is 15.8. The molecule has 8 atom stereocenters. The van der Waals surface area contributed by atoms with Crippen molar-refractivity contribution in [2.24, 2.45) is 29.1 Å². The first kappa shape index (κ1) is 15.6. The average Bonchev–Trinajstić information content (AvgIpc) is 2.88. The van der Waals surface area contributed by atoms with Gasteiger partial charge in [-0.15, -0.1) is 0 Å². The maximum Gasteiger partial charge on any atom is 0.0634 e. The van der Waals surface area contributed by atoms with Gasteiger partial charge in [-0.25, -0.2) is 0 Å². The fourth-order valence-electron chi connectivity index (χ4n) is 7.37. The summed E-state index contributed by atoms with van der Waals surface area (Å²) in [6.07, 6.45) is 7.67. The highest BCUT2D eigenvalue weighted by molar-refractivity contribution is 9.09. The Morgan fingerprint density at radius 3 is 2.78 bits per heavy atom. The highest BCUT2D eigenvalue weighted by Crippen LogP contribution is 2.60. The lowest BCUT2D eigenvalue weighted by atomic mass is 9.55. The van der Waals surface area contributed by atoms with E-state index in [4.69, 9.17) is 0 Å². The summed E-state index contributed by atoms with van der Waals surface area (Å²) in [5, 5.41) is 7.68. The van der Waals surface area contributed by atoms with Crippen LogP contribution in [0.25, 0.3) is 0 Å². The minimum Gasteiger partial charge on any atom is -0.316 e. The quantitative estimate of drug-likeness (QED) is 0.631. The summed E-state index contributed by atoms with van der Waals surface area (Å²) in [4.78, 5) is 3.78. The molecule has 3 nitrogen and oxygen atoms in total. The zero-order valence-corrected chi connectivity index (χ0v) is 16.2. The van der Waals surface area contributed by atoms with Crippen molar-refractivity contribution in [3.63, 3.8) is 0 Å². The summed E-state index contributed by atoms with van der Waals surface area (Å²) in [7, 11) is 0. The molecule has 0 amide bonds.